The Kier molecular flexibility index (Phi) is 3.79. The van der Waals surface area contributed by atoms with Crippen LogP contribution in [0.15, 0.2) is 18.5 Å². The van der Waals surface area contributed by atoms with E-state index in [0.29, 0.717) is 19.5 Å². The molecule has 88 valence electrons. The van der Waals surface area contributed by atoms with Crippen molar-refractivity contribution in [2.24, 2.45) is 0 Å². The van der Waals surface area contributed by atoms with E-state index in [1.807, 2.05) is 7.05 Å². The summed E-state index contributed by atoms with van der Waals surface area (Å²) < 4.78 is 13.3. The number of hydrogen-bond donors (Lipinski definition) is 1. The number of hydrogen-bond acceptors (Lipinski definition) is 4. The minimum atomic E-state index is -0.720. The molecule has 1 fully saturated rings. The number of alkyl halides is 1. The molecule has 0 bridgehead atoms. The predicted molar refractivity (Wildman–Crippen MR) is 59.7 cm³/mol. The van der Waals surface area contributed by atoms with E-state index in [9.17, 15) is 4.39 Å². The molecule has 0 saturated carbocycles. The van der Waals surface area contributed by atoms with Crippen molar-refractivity contribution in [3.8, 4) is 0 Å². The van der Waals surface area contributed by atoms with Crippen molar-refractivity contribution in [3.05, 3.63) is 24.3 Å². The summed E-state index contributed by atoms with van der Waals surface area (Å²) >= 11 is 0. The molecule has 1 aliphatic rings. The van der Waals surface area contributed by atoms with E-state index in [4.69, 9.17) is 0 Å². The molecule has 0 radical (unpaired) electrons. The van der Waals surface area contributed by atoms with Crippen LogP contribution in [0.4, 0.5) is 4.39 Å². The van der Waals surface area contributed by atoms with Gasteiger partial charge in [-0.25, -0.2) is 14.4 Å². The van der Waals surface area contributed by atoms with E-state index in [1.54, 1.807) is 18.5 Å². The molecule has 1 aliphatic heterocycles. The first-order chi connectivity index (χ1) is 7.79. The van der Waals surface area contributed by atoms with Gasteiger partial charge < -0.3 is 5.32 Å². The second-order valence-electron chi connectivity index (χ2n) is 4.14. The number of aromatic nitrogens is 2. The summed E-state index contributed by atoms with van der Waals surface area (Å²) in [5.41, 5.74) is 0. The Balaban J connectivity index is 1.97. The maximum atomic E-state index is 13.3. The highest BCUT2D eigenvalue weighted by Gasteiger charge is 2.31. The number of nitrogens with one attached hydrogen (secondary N) is 1. The molecule has 2 heterocycles. The first kappa shape index (κ1) is 11.4. The van der Waals surface area contributed by atoms with Crippen molar-refractivity contribution >= 4 is 0 Å². The fraction of sp³-hybridized carbons (Fsp3) is 0.636. The van der Waals surface area contributed by atoms with Gasteiger partial charge in [-0.05, 0) is 19.5 Å². The Morgan fingerprint density at radius 1 is 1.50 bits per heavy atom. The summed E-state index contributed by atoms with van der Waals surface area (Å²) in [5, 5.41) is 3.10. The predicted octanol–water partition coefficient (Wildman–Crippen LogP) is 0.608. The molecule has 0 aliphatic carbocycles. The topological polar surface area (TPSA) is 41.0 Å². The van der Waals surface area contributed by atoms with Crippen molar-refractivity contribution in [2.75, 3.05) is 20.1 Å². The molecule has 5 heteroatoms. The van der Waals surface area contributed by atoms with E-state index in [0.717, 1.165) is 12.4 Å². The summed E-state index contributed by atoms with van der Waals surface area (Å²) in [7, 11) is 1.89. The van der Waals surface area contributed by atoms with E-state index >= 15 is 0 Å². The maximum absolute atomic E-state index is 13.3. The van der Waals surface area contributed by atoms with Crippen LogP contribution in [0.3, 0.4) is 0 Å². The minimum Gasteiger partial charge on any atom is -0.318 e. The highest BCUT2D eigenvalue weighted by atomic mass is 19.1. The number of rotatable bonds is 4. The number of nitrogens with zero attached hydrogens (tertiary/aromatic N) is 3. The second-order valence-corrected chi connectivity index (χ2v) is 4.14. The monoisotopic (exact) mass is 224 g/mol. The van der Waals surface area contributed by atoms with Crippen LogP contribution in [-0.4, -0.2) is 47.2 Å². The Morgan fingerprint density at radius 2 is 2.25 bits per heavy atom. The molecule has 1 aromatic heterocycles. The van der Waals surface area contributed by atoms with Crippen LogP contribution < -0.4 is 5.32 Å². The lowest BCUT2D eigenvalue weighted by atomic mass is 10.2. The molecule has 16 heavy (non-hydrogen) atoms. The number of likely N-dealkylation sites (N-methyl/N-ethyl adjacent to an activating group) is 1. The lowest BCUT2D eigenvalue weighted by molar-refractivity contribution is 0.227. The Hall–Kier alpha value is -1.07. The average Bonchev–Trinajstić information content (AvgIpc) is 2.61. The molecule has 4 nitrogen and oxygen atoms in total. The molecule has 0 unspecified atom stereocenters. The van der Waals surface area contributed by atoms with Gasteiger partial charge in [-0.3, -0.25) is 4.90 Å². The Morgan fingerprint density at radius 3 is 2.94 bits per heavy atom. The third-order valence-electron chi connectivity index (χ3n) is 2.88. The highest BCUT2D eigenvalue weighted by Crippen LogP contribution is 2.21. The standard InChI is InChI=1S/C11H17FN4/c1-13-6-10-5-9(12)7-16(10)8-11-14-3-2-4-15-11/h2-4,9-10,13H,5-8H2,1H3/t9-,10+/m1/s1. The maximum Gasteiger partial charge on any atom is 0.142 e. The summed E-state index contributed by atoms with van der Waals surface area (Å²) in [5.74, 6) is 0.762. The fourth-order valence-electron chi connectivity index (χ4n) is 2.16. The minimum absolute atomic E-state index is 0.254. The van der Waals surface area contributed by atoms with Crippen molar-refractivity contribution in [1.82, 2.24) is 20.2 Å². The van der Waals surface area contributed by atoms with Crippen molar-refractivity contribution in [2.45, 2.75) is 25.2 Å². The van der Waals surface area contributed by atoms with E-state index < -0.39 is 6.17 Å². The third-order valence-corrected chi connectivity index (χ3v) is 2.88. The first-order valence-corrected chi connectivity index (χ1v) is 5.58. The molecular weight excluding hydrogens is 207 g/mol. The van der Waals surface area contributed by atoms with Crippen LogP contribution in [0, 0.1) is 0 Å². The van der Waals surface area contributed by atoms with Gasteiger partial charge in [0.05, 0.1) is 6.54 Å². The second kappa shape index (κ2) is 5.32. The van der Waals surface area contributed by atoms with Gasteiger partial charge in [-0.15, -0.1) is 0 Å². The van der Waals surface area contributed by atoms with Crippen molar-refractivity contribution in [1.29, 1.82) is 0 Å². The van der Waals surface area contributed by atoms with Crippen LogP contribution in [0.5, 0.6) is 0 Å². The average molecular weight is 224 g/mol. The number of likely N-dealkylation sites (tertiary alicyclic amines) is 1. The van der Waals surface area contributed by atoms with E-state index in [-0.39, 0.29) is 6.04 Å². The van der Waals surface area contributed by atoms with Crippen molar-refractivity contribution in [3.63, 3.8) is 0 Å². The van der Waals surface area contributed by atoms with Gasteiger partial charge in [0, 0.05) is 31.5 Å². The molecule has 1 saturated heterocycles. The van der Waals surface area contributed by atoms with Gasteiger partial charge in [-0.2, -0.15) is 0 Å². The van der Waals surface area contributed by atoms with Gasteiger partial charge in [-0.1, -0.05) is 0 Å². The van der Waals surface area contributed by atoms with Gasteiger partial charge >= 0.3 is 0 Å². The van der Waals surface area contributed by atoms with Crippen LogP contribution in [0.2, 0.25) is 0 Å². The van der Waals surface area contributed by atoms with Crippen LogP contribution in [0.25, 0.3) is 0 Å². The lowest BCUT2D eigenvalue weighted by Crippen LogP contribution is -2.36. The normalized spacial score (nSPS) is 26.1. The zero-order valence-electron chi connectivity index (χ0n) is 9.43. The fourth-order valence-corrected chi connectivity index (χ4v) is 2.16. The Labute approximate surface area is 94.9 Å². The molecule has 1 aromatic rings. The molecule has 0 amide bonds. The lowest BCUT2D eigenvalue weighted by Gasteiger charge is -2.22. The van der Waals surface area contributed by atoms with E-state index in [2.05, 4.69) is 20.2 Å². The summed E-state index contributed by atoms with van der Waals surface area (Å²) in [6.07, 6.45) is 3.33. The number of halogens is 1. The largest absolute Gasteiger partial charge is 0.318 e. The van der Waals surface area contributed by atoms with Crippen LogP contribution in [-0.2, 0) is 6.54 Å². The quantitative estimate of drug-likeness (QED) is 0.813. The molecule has 2 rings (SSSR count). The van der Waals surface area contributed by atoms with Crippen molar-refractivity contribution < 1.29 is 4.39 Å². The summed E-state index contributed by atoms with van der Waals surface area (Å²) in [6, 6.07) is 2.04. The highest BCUT2D eigenvalue weighted by molar-refractivity contribution is 4.93. The van der Waals surface area contributed by atoms with Gasteiger partial charge in [0.2, 0.25) is 0 Å². The smallest absolute Gasteiger partial charge is 0.142 e. The van der Waals surface area contributed by atoms with Gasteiger partial charge in [0.1, 0.15) is 12.0 Å². The summed E-state index contributed by atoms with van der Waals surface area (Å²) in [6.45, 7) is 1.94. The Bertz CT molecular complexity index is 319. The van der Waals surface area contributed by atoms with Crippen LogP contribution >= 0.6 is 0 Å². The van der Waals surface area contributed by atoms with E-state index in [1.165, 1.54) is 0 Å². The SMILES string of the molecule is CNC[C@@H]1C[C@@H](F)CN1Cc1ncccn1. The first-order valence-electron chi connectivity index (χ1n) is 5.58. The molecular formula is C11H17FN4. The van der Waals surface area contributed by atoms with Gasteiger partial charge in [0.25, 0.3) is 0 Å². The molecule has 0 aromatic carbocycles. The van der Waals surface area contributed by atoms with Gasteiger partial charge in [0.15, 0.2) is 0 Å². The molecule has 0 spiro atoms. The zero-order valence-corrected chi connectivity index (χ0v) is 9.43. The summed E-state index contributed by atoms with van der Waals surface area (Å²) in [4.78, 5) is 10.4. The van der Waals surface area contributed by atoms with Crippen LogP contribution in [0.1, 0.15) is 12.2 Å². The molecule has 2 atom stereocenters. The third kappa shape index (κ3) is 2.74. The zero-order chi connectivity index (χ0) is 11.4. The molecule has 1 N–H and O–H groups in total.